The van der Waals surface area contributed by atoms with Crippen LogP contribution in [0.25, 0.3) is 0 Å². The first-order valence-corrected chi connectivity index (χ1v) is 9.71. The molecular formula is C16H28N2O2S. The first kappa shape index (κ1) is 15.5. The van der Waals surface area contributed by atoms with Crippen molar-refractivity contribution in [2.45, 2.75) is 56.6 Å². The van der Waals surface area contributed by atoms with Crippen LogP contribution in [-0.2, 0) is 0 Å². The van der Waals surface area contributed by atoms with E-state index in [0.717, 1.165) is 29.9 Å². The van der Waals surface area contributed by atoms with E-state index in [1.54, 1.807) is 11.8 Å². The predicted molar refractivity (Wildman–Crippen MR) is 86.4 cm³/mol. The van der Waals surface area contributed by atoms with Crippen LogP contribution in [0.15, 0.2) is 0 Å². The van der Waals surface area contributed by atoms with E-state index in [2.05, 4.69) is 10.6 Å². The average molecular weight is 312 g/mol. The molecule has 0 aliphatic heterocycles. The van der Waals surface area contributed by atoms with Gasteiger partial charge >= 0.3 is 6.03 Å². The quantitative estimate of drug-likeness (QED) is 0.705. The maximum absolute atomic E-state index is 12.2. The van der Waals surface area contributed by atoms with E-state index in [0.29, 0.717) is 6.54 Å². The lowest BCUT2D eigenvalue weighted by atomic mass is 9.53. The molecule has 4 nitrogen and oxygen atoms in total. The number of hydrogen-bond acceptors (Lipinski definition) is 3. The molecule has 0 radical (unpaired) electrons. The van der Waals surface area contributed by atoms with Gasteiger partial charge in [0, 0.05) is 12.1 Å². The number of hydrogen-bond donors (Lipinski definition) is 3. The van der Waals surface area contributed by atoms with E-state index in [4.69, 9.17) is 0 Å². The van der Waals surface area contributed by atoms with Crippen molar-refractivity contribution < 1.29 is 9.90 Å². The van der Waals surface area contributed by atoms with Crippen molar-refractivity contribution in [3.05, 3.63) is 0 Å². The molecule has 4 aliphatic rings. The van der Waals surface area contributed by atoms with E-state index in [1.807, 2.05) is 6.26 Å². The third kappa shape index (κ3) is 3.67. The highest BCUT2D eigenvalue weighted by Gasteiger charge is 2.51. The summed E-state index contributed by atoms with van der Waals surface area (Å²) in [4.78, 5) is 12.2. The zero-order valence-corrected chi connectivity index (χ0v) is 13.8. The number of carbonyl (C=O) groups is 1. The minimum Gasteiger partial charge on any atom is -0.391 e. The molecule has 5 heteroatoms. The van der Waals surface area contributed by atoms with Gasteiger partial charge in [-0.3, -0.25) is 0 Å². The molecule has 0 aromatic carbocycles. The highest BCUT2D eigenvalue weighted by atomic mass is 32.2. The molecule has 0 aromatic heterocycles. The molecule has 0 saturated heterocycles. The summed E-state index contributed by atoms with van der Waals surface area (Å²) in [5, 5.41) is 15.9. The lowest BCUT2D eigenvalue weighted by Gasteiger charge is -2.56. The monoisotopic (exact) mass is 312 g/mol. The Morgan fingerprint density at radius 1 is 1.24 bits per heavy atom. The van der Waals surface area contributed by atoms with Crippen molar-refractivity contribution in [3.63, 3.8) is 0 Å². The maximum atomic E-state index is 12.2. The van der Waals surface area contributed by atoms with Gasteiger partial charge in [-0.05, 0) is 74.7 Å². The number of aliphatic hydroxyl groups is 1. The van der Waals surface area contributed by atoms with Crippen LogP contribution in [0.4, 0.5) is 4.79 Å². The van der Waals surface area contributed by atoms with E-state index < -0.39 is 6.10 Å². The minimum atomic E-state index is -0.431. The van der Waals surface area contributed by atoms with Crippen LogP contribution in [0.1, 0.15) is 44.9 Å². The lowest BCUT2D eigenvalue weighted by Crippen LogP contribution is -2.61. The Hall–Kier alpha value is -0.420. The fourth-order valence-corrected chi connectivity index (χ4v) is 5.62. The van der Waals surface area contributed by atoms with Gasteiger partial charge in [0.2, 0.25) is 0 Å². The van der Waals surface area contributed by atoms with Crippen molar-refractivity contribution in [2.75, 3.05) is 18.6 Å². The number of amides is 2. The van der Waals surface area contributed by atoms with Crippen LogP contribution in [0.2, 0.25) is 0 Å². The lowest BCUT2D eigenvalue weighted by molar-refractivity contribution is -0.0136. The molecule has 4 saturated carbocycles. The van der Waals surface area contributed by atoms with Crippen LogP contribution >= 0.6 is 11.8 Å². The second kappa shape index (κ2) is 6.37. The highest BCUT2D eigenvalue weighted by Crippen LogP contribution is 2.55. The SMILES string of the molecule is CSCCC(O)CNC(=O)NC12CC3CC(CC(C3)C1)C2. The molecule has 1 atom stereocenters. The topological polar surface area (TPSA) is 61.4 Å². The summed E-state index contributed by atoms with van der Waals surface area (Å²) in [6, 6.07) is -0.0832. The zero-order chi connectivity index (χ0) is 14.9. The summed E-state index contributed by atoms with van der Waals surface area (Å²) >= 11 is 1.72. The van der Waals surface area contributed by atoms with Gasteiger partial charge in [0.15, 0.2) is 0 Å². The Bertz CT molecular complexity index is 353. The summed E-state index contributed by atoms with van der Waals surface area (Å²) in [5.41, 5.74) is 0.0586. The summed E-state index contributed by atoms with van der Waals surface area (Å²) in [7, 11) is 0. The van der Waals surface area contributed by atoms with Crippen molar-refractivity contribution in [3.8, 4) is 0 Å². The normalized spacial score (nSPS) is 38.3. The predicted octanol–water partition coefficient (Wildman–Crippen LogP) is 2.37. The molecule has 4 fully saturated rings. The molecule has 21 heavy (non-hydrogen) atoms. The minimum absolute atomic E-state index is 0.0586. The molecule has 120 valence electrons. The third-order valence-corrected chi connectivity index (χ3v) is 6.21. The molecule has 4 bridgehead atoms. The molecule has 4 aliphatic carbocycles. The van der Waals surface area contributed by atoms with Crippen molar-refractivity contribution in [1.29, 1.82) is 0 Å². The number of carbonyl (C=O) groups excluding carboxylic acids is 1. The Balaban J connectivity index is 1.46. The molecule has 0 aromatic rings. The summed E-state index contributed by atoms with van der Waals surface area (Å²) < 4.78 is 0. The Morgan fingerprint density at radius 2 is 1.81 bits per heavy atom. The fourth-order valence-electron chi connectivity index (χ4n) is 5.12. The van der Waals surface area contributed by atoms with Crippen LogP contribution in [0.5, 0.6) is 0 Å². The number of aliphatic hydroxyl groups excluding tert-OH is 1. The number of thioether (sulfide) groups is 1. The number of rotatable bonds is 6. The second-order valence-electron chi connectivity index (χ2n) is 7.47. The van der Waals surface area contributed by atoms with E-state index >= 15 is 0 Å². The maximum Gasteiger partial charge on any atom is 0.315 e. The Kier molecular flexibility index (Phi) is 4.69. The van der Waals surface area contributed by atoms with Gasteiger partial charge in [0.1, 0.15) is 0 Å². The van der Waals surface area contributed by atoms with Gasteiger partial charge in [0.05, 0.1) is 6.10 Å². The van der Waals surface area contributed by atoms with Crippen molar-refractivity contribution in [1.82, 2.24) is 10.6 Å². The molecular weight excluding hydrogens is 284 g/mol. The van der Waals surface area contributed by atoms with Gasteiger partial charge in [-0.2, -0.15) is 11.8 Å². The van der Waals surface area contributed by atoms with Gasteiger partial charge in [-0.25, -0.2) is 4.79 Å². The molecule has 0 heterocycles. The van der Waals surface area contributed by atoms with E-state index in [9.17, 15) is 9.90 Å². The summed E-state index contributed by atoms with van der Waals surface area (Å²) in [5.74, 6) is 3.44. The van der Waals surface area contributed by atoms with Crippen LogP contribution < -0.4 is 10.6 Å². The van der Waals surface area contributed by atoms with Gasteiger partial charge < -0.3 is 15.7 Å². The summed E-state index contributed by atoms with van der Waals surface area (Å²) in [6.07, 6.45) is 9.99. The third-order valence-electron chi connectivity index (χ3n) is 5.57. The van der Waals surface area contributed by atoms with Crippen molar-refractivity contribution >= 4 is 17.8 Å². The summed E-state index contributed by atoms with van der Waals surface area (Å²) in [6.45, 7) is 0.360. The molecule has 0 spiro atoms. The van der Waals surface area contributed by atoms with Crippen LogP contribution in [0, 0.1) is 17.8 Å². The van der Waals surface area contributed by atoms with Gasteiger partial charge in [0.25, 0.3) is 0 Å². The molecule has 2 amide bonds. The molecule has 4 rings (SSSR count). The first-order chi connectivity index (χ1) is 10.1. The molecule has 3 N–H and O–H groups in total. The van der Waals surface area contributed by atoms with Crippen LogP contribution in [0.3, 0.4) is 0 Å². The standard InChI is InChI=1S/C16H28N2O2S/c1-21-3-2-14(19)10-17-15(20)18-16-7-11-4-12(8-16)6-13(5-11)9-16/h11-14,19H,2-10H2,1H3,(H2,17,18,20). The van der Waals surface area contributed by atoms with Crippen LogP contribution in [-0.4, -0.2) is 41.3 Å². The smallest absolute Gasteiger partial charge is 0.315 e. The van der Waals surface area contributed by atoms with E-state index in [1.165, 1.54) is 38.5 Å². The zero-order valence-electron chi connectivity index (χ0n) is 12.9. The fraction of sp³-hybridized carbons (Fsp3) is 0.938. The number of urea groups is 1. The van der Waals surface area contributed by atoms with Crippen molar-refractivity contribution in [2.24, 2.45) is 17.8 Å². The largest absolute Gasteiger partial charge is 0.391 e. The molecule has 1 unspecified atom stereocenters. The highest BCUT2D eigenvalue weighted by molar-refractivity contribution is 7.98. The van der Waals surface area contributed by atoms with Gasteiger partial charge in [-0.15, -0.1) is 0 Å². The van der Waals surface area contributed by atoms with E-state index in [-0.39, 0.29) is 11.6 Å². The average Bonchev–Trinajstić information content (AvgIpc) is 2.40. The number of nitrogens with one attached hydrogen (secondary N) is 2. The second-order valence-corrected chi connectivity index (χ2v) is 8.45. The Labute approximate surface area is 131 Å². The Morgan fingerprint density at radius 3 is 2.33 bits per heavy atom. The van der Waals surface area contributed by atoms with Gasteiger partial charge in [-0.1, -0.05) is 0 Å². The first-order valence-electron chi connectivity index (χ1n) is 8.31.